The van der Waals surface area contributed by atoms with Crippen molar-refractivity contribution in [1.29, 1.82) is 0 Å². The number of nitro groups is 1. The van der Waals surface area contributed by atoms with Gasteiger partial charge in [0.25, 0.3) is 0 Å². The van der Waals surface area contributed by atoms with Gasteiger partial charge in [-0.1, -0.05) is 25.3 Å². The molecular weight excluding hydrogens is 259 g/mol. The molecule has 110 valence electrons. The molecule has 20 heavy (non-hydrogen) atoms. The Morgan fingerprint density at radius 2 is 2.10 bits per heavy atom. The summed E-state index contributed by atoms with van der Waals surface area (Å²) in [4.78, 5) is 9.86. The van der Waals surface area contributed by atoms with Gasteiger partial charge in [0.05, 0.1) is 4.92 Å². The molecule has 1 fully saturated rings. The first-order valence-corrected chi connectivity index (χ1v) is 7.24. The molecule has 0 spiro atoms. The predicted octanol–water partition coefficient (Wildman–Crippen LogP) is 3.79. The fourth-order valence-corrected chi connectivity index (χ4v) is 2.89. The first-order valence-electron chi connectivity index (χ1n) is 7.24. The van der Waals surface area contributed by atoms with Crippen LogP contribution in [0.5, 0.6) is 0 Å². The van der Waals surface area contributed by atoms with E-state index in [0.717, 1.165) is 5.56 Å². The molecule has 0 bridgehead atoms. The number of rotatable bonds is 5. The highest BCUT2D eigenvalue weighted by atomic mass is 19.1. The zero-order valence-corrected chi connectivity index (χ0v) is 11.8. The third kappa shape index (κ3) is 3.76. The van der Waals surface area contributed by atoms with Crippen molar-refractivity contribution in [3.8, 4) is 0 Å². The summed E-state index contributed by atoms with van der Waals surface area (Å²) in [5, 5.41) is 14.0. The minimum atomic E-state index is -0.764. The molecule has 0 saturated heterocycles. The molecule has 0 unspecified atom stereocenters. The van der Waals surface area contributed by atoms with Gasteiger partial charge in [0.2, 0.25) is 5.82 Å². The number of nitro benzene ring substituents is 1. The fourth-order valence-electron chi connectivity index (χ4n) is 2.89. The average Bonchev–Trinajstić information content (AvgIpc) is 2.45. The van der Waals surface area contributed by atoms with Crippen molar-refractivity contribution in [2.24, 2.45) is 5.92 Å². The van der Waals surface area contributed by atoms with Gasteiger partial charge in [0.1, 0.15) is 0 Å². The van der Waals surface area contributed by atoms with Gasteiger partial charge in [0, 0.05) is 18.7 Å². The molecule has 1 aromatic carbocycles. The van der Waals surface area contributed by atoms with Gasteiger partial charge in [-0.2, -0.15) is 4.39 Å². The second-order valence-corrected chi connectivity index (χ2v) is 5.61. The highest BCUT2D eigenvalue weighted by molar-refractivity contribution is 5.34. The van der Waals surface area contributed by atoms with Crippen LogP contribution in [0.2, 0.25) is 0 Å². The number of halogens is 1. The topological polar surface area (TPSA) is 55.2 Å². The molecule has 0 radical (unpaired) electrons. The lowest BCUT2D eigenvalue weighted by atomic mass is 9.84. The van der Waals surface area contributed by atoms with Crippen molar-refractivity contribution < 1.29 is 9.31 Å². The Labute approximate surface area is 118 Å². The van der Waals surface area contributed by atoms with E-state index in [1.807, 2.05) is 0 Å². The third-order valence-electron chi connectivity index (χ3n) is 4.19. The van der Waals surface area contributed by atoms with Crippen LogP contribution in [0.1, 0.15) is 44.6 Å². The summed E-state index contributed by atoms with van der Waals surface area (Å²) in [6, 6.07) is 4.49. The Balaban J connectivity index is 1.90. The standard InChI is InChI=1S/C15H21FN2O2/c1-11(13-5-3-2-4-6-13)17-10-12-7-8-15(18(19)20)14(16)9-12/h7-9,11,13,17H,2-6,10H2,1H3/t11-/m0/s1. The van der Waals surface area contributed by atoms with Crippen molar-refractivity contribution in [2.75, 3.05) is 0 Å². The van der Waals surface area contributed by atoms with Gasteiger partial charge in [-0.05, 0) is 37.3 Å². The van der Waals surface area contributed by atoms with Crippen molar-refractivity contribution in [2.45, 2.75) is 51.6 Å². The number of hydrogen-bond acceptors (Lipinski definition) is 3. The number of benzene rings is 1. The van der Waals surface area contributed by atoms with Crippen LogP contribution in [0.4, 0.5) is 10.1 Å². The quantitative estimate of drug-likeness (QED) is 0.659. The minimum Gasteiger partial charge on any atom is -0.310 e. The van der Waals surface area contributed by atoms with Crippen molar-refractivity contribution in [3.05, 3.63) is 39.7 Å². The lowest BCUT2D eigenvalue weighted by Crippen LogP contribution is -2.34. The summed E-state index contributed by atoms with van der Waals surface area (Å²) in [5.41, 5.74) is 0.282. The van der Waals surface area contributed by atoms with Crippen LogP contribution in [-0.2, 0) is 6.54 Å². The Hall–Kier alpha value is -1.49. The summed E-state index contributed by atoms with van der Waals surface area (Å²) in [6.45, 7) is 2.71. The van der Waals surface area contributed by atoms with E-state index in [9.17, 15) is 14.5 Å². The summed E-state index contributed by atoms with van der Waals surface area (Å²) in [7, 11) is 0. The molecule has 0 aromatic heterocycles. The van der Waals surface area contributed by atoms with E-state index >= 15 is 0 Å². The zero-order chi connectivity index (χ0) is 14.5. The minimum absolute atomic E-state index is 0.397. The highest BCUT2D eigenvalue weighted by Crippen LogP contribution is 2.26. The molecule has 5 heteroatoms. The number of nitrogens with zero attached hydrogens (tertiary/aromatic N) is 1. The first kappa shape index (κ1) is 14.9. The van der Waals surface area contributed by atoms with Crippen LogP contribution in [0.25, 0.3) is 0 Å². The maximum Gasteiger partial charge on any atom is 0.304 e. The average molecular weight is 280 g/mol. The lowest BCUT2D eigenvalue weighted by Gasteiger charge is -2.28. The van der Waals surface area contributed by atoms with E-state index in [-0.39, 0.29) is 0 Å². The third-order valence-corrected chi connectivity index (χ3v) is 4.19. The highest BCUT2D eigenvalue weighted by Gasteiger charge is 2.20. The first-order chi connectivity index (χ1) is 9.58. The largest absolute Gasteiger partial charge is 0.310 e. The molecule has 4 nitrogen and oxygen atoms in total. The summed E-state index contributed by atoms with van der Waals surface area (Å²) >= 11 is 0. The van der Waals surface area contributed by atoms with Crippen LogP contribution in [0, 0.1) is 21.8 Å². The zero-order valence-electron chi connectivity index (χ0n) is 11.8. The Kier molecular flexibility index (Phi) is 5.06. The van der Waals surface area contributed by atoms with Crippen LogP contribution in [0.3, 0.4) is 0 Å². The summed E-state index contributed by atoms with van der Waals surface area (Å²) < 4.78 is 13.5. The Bertz CT molecular complexity index is 473. The molecule has 0 amide bonds. The van der Waals surface area contributed by atoms with Crippen LogP contribution < -0.4 is 5.32 Å². The molecule has 0 heterocycles. The van der Waals surface area contributed by atoms with Gasteiger partial charge in [-0.3, -0.25) is 10.1 Å². The maximum atomic E-state index is 13.5. The van der Waals surface area contributed by atoms with Crippen LogP contribution in [-0.4, -0.2) is 11.0 Å². The molecular formula is C15H21FN2O2. The van der Waals surface area contributed by atoms with E-state index in [1.54, 1.807) is 6.07 Å². The van der Waals surface area contributed by atoms with Crippen molar-refractivity contribution in [3.63, 3.8) is 0 Å². The van der Waals surface area contributed by atoms with E-state index in [0.29, 0.717) is 18.5 Å². The monoisotopic (exact) mass is 280 g/mol. The SMILES string of the molecule is C[C@H](NCc1ccc([N+](=O)[O-])c(F)c1)C1CCCCC1. The van der Waals surface area contributed by atoms with E-state index in [4.69, 9.17) is 0 Å². The van der Waals surface area contributed by atoms with E-state index in [2.05, 4.69) is 12.2 Å². The Morgan fingerprint density at radius 1 is 1.40 bits per heavy atom. The lowest BCUT2D eigenvalue weighted by molar-refractivity contribution is -0.387. The predicted molar refractivity (Wildman–Crippen MR) is 75.9 cm³/mol. The number of hydrogen-bond donors (Lipinski definition) is 1. The molecule has 0 aliphatic heterocycles. The van der Waals surface area contributed by atoms with Gasteiger partial charge in [0.15, 0.2) is 0 Å². The van der Waals surface area contributed by atoms with Crippen molar-refractivity contribution in [1.82, 2.24) is 5.32 Å². The molecule has 1 N–H and O–H groups in total. The molecule has 1 aromatic rings. The fraction of sp³-hybridized carbons (Fsp3) is 0.600. The second kappa shape index (κ2) is 6.79. The maximum absolute atomic E-state index is 13.5. The Morgan fingerprint density at radius 3 is 2.70 bits per heavy atom. The van der Waals surface area contributed by atoms with E-state index < -0.39 is 16.4 Å². The molecule has 1 aliphatic rings. The van der Waals surface area contributed by atoms with Gasteiger partial charge in [-0.15, -0.1) is 0 Å². The molecule has 2 rings (SSSR count). The van der Waals surface area contributed by atoms with Gasteiger partial charge >= 0.3 is 5.69 Å². The van der Waals surface area contributed by atoms with Crippen LogP contribution >= 0.6 is 0 Å². The van der Waals surface area contributed by atoms with Crippen LogP contribution in [0.15, 0.2) is 18.2 Å². The van der Waals surface area contributed by atoms with Crippen molar-refractivity contribution >= 4 is 5.69 Å². The van der Waals surface area contributed by atoms with Gasteiger partial charge in [-0.25, -0.2) is 0 Å². The molecule has 1 atom stereocenters. The second-order valence-electron chi connectivity index (χ2n) is 5.61. The summed E-state index contributed by atoms with van der Waals surface area (Å²) in [5.74, 6) is -0.0775. The van der Waals surface area contributed by atoms with E-state index in [1.165, 1.54) is 44.2 Å². The molecule has 1 aliphatic carbocycles. The van der Waals surface area contributed by atoms with Gasteiger partial charge < -0.3 is 5.32 Å². The molecule has 1 saturated carbocycles. The number of nitrogens with one attached hydrogen (secondary N) is 1. The normalized spacial score (nSPS) is 17.9. The summed E-state index contributed by atoms with van der Waals surface area (Å²) in [6.07, 6.45) is 6.42. The smallest absolute Gasteiger partial charge is 0.304 e.